The summed E-state index contributed by atoms with van der Waals surface area (Å²) in [6.07, 6.45) is 4.06. The highest BCUT2D eigenvalue weighted by Crippen LogP contribution is 2.31. The number of unbranched alkanes of at least 4 members (excludes halogenated alkanes) is 1. The molecule has 0 aliphatic carbocycles. The highest BCUT2D eigenvalue weighted by Gasteiger charge is 2.14. The Kier molecular flexibility index (Phi) is 8.73. The van der Waals surface area contributed by atoms with E-state index in [0.29, 0.717) is 13.1 Å². The summed E-state index contributed by atoms with van der Waals surface area (Å²) in [7, 11) is 0. The third-order valence-corrected chi connectivity index (χ3v) is 8.13. The summed E-state index contributed by atoms with van der Waals surface area (Å²) in [5.74, 6) is 0. The monoisotopic (exact) mass is 556 g/mol. The molecular formula is C36H40N6. The number of rotatable bonds is 13. The Bertz CT molecular complexity index is 1670. The normalized spacial score (nSPS) is 11.6. The average molecular weight is 557 g/mol. The van der Waals surface area contributed by atoms with E-state index in [-0.39, 0.29) is 0 Å². The molecule has 0 aliphatic rings. The zero-order chi connectivity index (χ0) is 28.7. The van der Waals surface area contributed by atoms with Gasteiger partial charge in [0, 0.05) is 59.1 Å². The van der Waals surface area contributed by atoms with Crippen molar-refractivity contribution in [2.24, 2.45) is 11.5 Å². The molecule has 2 heterocycles. The largest absolute Gasteiger partial charge is 0.371 e. The Morgan fingerprint density at radius 3 is 1.31 bits per heavy atom. The van der Waals surface area contributed by atoms with Crippen LogP contribution in [0.3, 0.4) is 0 Å². The van der Waals surface area contributed by atoms with Crippen molar-refractivity contribution in [3.8, 4) is 0 Å². The maximum Gasteiger partial charge on any atom is 0.0730 e. The second-order valence-electron chi connectivity index (χ2n) is 11.0. The first-order valence-corrected chi connectivity index (χ1v) is 15.2. The van der Waals surface area contributed by atoms with Gasteiger partial charge in [0.2, 0.25) is 0 Å². The van der Waals surface area contributed by atoms with Crippen LogP contribution >= 0.6 is 0 Å². The molecule has 0 aliphatic heterocycles. The molecule has 214 valence electrons. The van der Waals surface area contributed by atoms with Gasteiger partial charge in [0.1, 0.15) is 0 Å². The summed E-state index contributed by atoms with van der Waals surface area (Å²) >= 11 is 0. The lowest BCUT2D eigenvalue weighted by Gasteiger charge is -2.28. The van der Waals surface area contributed by atoms with Crippen LogP contribution in [0, 0.1) is 0 Å². The summed E-state index contributed by atoms with van der Waals surface area (Å²) in [5, 5.41) is 4.75. The molecule has 0 saturated heterocycles. The summed E-state index contributed by atoms with van der Waals surface area (Å²) in [6.45, 7) is 5.16. The predicted octanol–water partition coefficient (Wildman–Crippen LogP) is 6.88. The molecular weight excluding hydrogens is 516 g/mol. The van der Waals surface area contributed by atoms with Gasteiger partial charge in [-0.15, -0.1) is 0 Å². The Morgan fingerprint density at radius 1 is 0.452 bits per heavy atom. The van der Waals surface area contributed by atoms with Gasteiger partial charge in [-0.1, -0.05) is 48.5 Å². The molecule has 42 heavy (non-hydrogen) atoms. The standard InChI is InChI=1S/C36H40N6/c37-19-9-23-41(35-17-7-15-33-29(35)25-27-11-1-3-13-31(27)39-33)21-5-6-22-42(24-10-20-38)36-18-8-16-34-30(36)26-28-12-2-4-14-32(28)40-34/h1-4,7-8,11-18,25-26H,5-6,9-10,19-24,37-38H2. The van der Waals surface area contributed by atoms with Crippen LogP contribution < -0.4 is 21.3 Å². The quantitative estimate of drug-likeness (QED) is 0.119. The van der Waals surface area contributed by atoms with E-state index < -0.39 is 0 Å². The zero-order valence-corrected chi connectivity index (χ0v) is 24.3. The highest BCUT2D eigenvalue weighted by atomic mass is 15.1. The van der Waals surface area contributed by atoms with E-state index in [2.05, 4.69) is 94.7 Å². The molecule has 0 saturated carbocycles. The number of hydrogen-bond acceptors (Lipinski definition) is 6. The molecule has 0 atom stereocenters. The van der Waals surface area contributed by atoms with Crippen LogP contribution in [-0.2, 0) is 0 Å². The molecule has 0 fully saturated rings. The van der Waals surface area contributed by atoms with Gasteiger partial charge in [-0.2, -0.15) is 0 Å². The Morgan fingerprint density at radius 2 is 0.857 bits per heavy atom. The SMILES string of the molecule is NCCCN(CCCCN(CCCN)c1cccc2nc3ccccc3cc12)c1cccc2nc3ccccc3cc12. The number of fused-ring (bicyclic) bond motifs is 4. The van der Waals surface area contributed by atoms with E-state index in [1.165, 1.54) is 32.9 Å². The Balaban J connectivity index is 1.22. The zero-order valence-electron chi connectivity index (χ0n) is 24.3. The second-order valence-corrected chi connectivity index (χ2v) is 11.0. The first-order valence-electron chi connectivity index (χ1n) is 15.2. The first kappa shape index (κ1) is 27.9. The van der Waals surface area contributed by atoms with Crippen LogP contribution in [0.1, 0.15) is 25.7 Å². The number of para-hydroxylation sites is 2. The van der Waals surface area contributed by atoms with E-state index in [0.717, 1.165) is 73.9 Å². The molecule has 0 radical (unpaired) electrons. The lowest BCUT2D eigenvalue weighted by molar-refractivity contribution is 0.643. The van der Waals surface area contributed by atoms with Crippen LogP contribution in [0.5, 0.6) is 0 Å². The lowest BCUT2D eigenvalue weighted by atomic mass is 10.1. The van der Waals surface area contributed by atoms with Gasteiger partial charge >= 0.3 is 0 Å². The summed E-state index contributed by atoms with van der Waals surface area (Å²) in [5.41, 5.74) is 18.6. The molecule has 6 aromatic rings. The van der Waals surface area contributed by atoms with Gasteiger partial charge in [-0.05, 0) is 87.3 Å². The molecule has 0 bridgehead atoms. The molecule has 2 aromatic heterocycles. The smallest absolute Gasteiger partial charge is 0.0730 e. The van der Waals surface area contributed by atoms with Crippen molar-refractivity contribution < 1.29 is 0 Å². The van der Waals surface area contributed by atoms with Crippen molar-refractivity contribution in [1.82, 2.24) is 9.97 Å². The van der Waals surface area contributed by atoms with Crippen LogP contribution in [0.15, 0.2) is 97.1 Å². The van der Waals surface area contributed by atoms with Crippen molar-refractivity contribution in [1.29, 1.82) is 0 Å². The average Bonchev–Trinajstić information content (AvgIpc) is 3.03. The van der Waals surface area contributed by atoms with E-state index in [1.54, 1.807) is 0 Å². The lowest BCUT2D eigenvalue weighted by Crippen LogP contribution is -2.30. The maximum atomic E-state index is 5.97. The van der Waals surface area contributed by atoms with Gasteiger partial charge in [0.15, 0.2) is 0 Å². The van der Waals surface area contributed by atoms with Gasteiger partial charge in [0.25, 0.3) is 0 Å². The topological polar surface area (TPSA) is 84.3 Å². The minimum atomic E-state index is 0.680. The van der Waals surface area contributed by atoms with Gasteiger partial charge in [-0.25, -0.2) is 9.97 Å². The minimum Gasteiger partial charge on any atom is -0.371 e. The molecule has 4 N–H and O–H groups in total. The molecule has 6 nitrogen and oxygen atoms in total. The number of hydrogen-bond donors (Lipinski definition) is 2. The minimum absolute atomic E-state index is 0.680. The number of anilines is 2. The second kappa shape index (κ2) is 13.1. The van der Waals surface area contributed by atoms with E-state index >= 15 is 0 Å². The molecule has 6 rings (SSSR count). The number of nitrogens with zero attached hydrogens (tertiary/aromatic N) is 4. The fourth-order valence-corrected chi connectivity index (χ4v) is 5.99. The van der Waals surface area contributed by atoms with Crippen molar-refractivity contribution in [3.05, 3.63) is 97.1 Å². The number of benzene rings is 4. The van der Waals surface area contributed by atoms with Gasteiger partial charge in [0.05, 0.1) is 22.1 Å². The molecule has 6 heteroatoms. The first-order chi connectivity index (χ1) is 20.7. The number of pyridine rings is 2. The molecule has 0 spiro atoms. The Labute approximate surface area is 248 Å². The fraction of sp³-hybridized carbons (Fsp3) is 0.278. The summed E-state index contributed by atoms with van der Waals surface area (Å²) in [6, 6.07) is 34.2. The molecule has 4 aromatic carbocycles. The van der Waals surface area contributed by atoms with Gasteiger partial charge < -0.3 is 21.3 Å². The van der Waals surface area contributed by atoms with E-state index in [4.69, 9.17) is 21.4 Å². The van der Waals surface area contributed by atoms with Crippen molar-refractivity contribution in [2.45, 2.75) is 25.7 Å². The van der Waals surface area contributed by atoms with Crippen molar-refractivity contribution in [2.75, 3.05) is 49.1 Å². The number of aromatic nitrogens is 2. The molecule has 0 unspecified atom stereocenters. The van der Waals surface area contributed by atoms with E-state index in [9.17, 15) is 0 Å². The van der Waals surface area contributed by atoms with Crippen molar-refractivity contribution >= 4 is 55.0 Å². The summed E-state index contributed by atoms with van der Waals surface area (Å²) in [4.78, 5) is 14.9. The predicted molar refractivity (Wildman–Crippen MR) is 180 cm³/mol. The highest BCUT2D eigenvalue weighted by molar-refractivity contribution is 6.00. The van der Waals surface area contributed by atoms with Gasteiger partial charge in [-0.3, -0.25) is 0 Å². The van der Waals surface area contributed by atoms with Crippen LogP contribution in [-0.4, -0.2) is 49.2 Å². The Hall–Kier alpha value is -4.26. The van der Waals surface area contributed by atoms with Crippen LogP contribution in [0.25, 0.3) is 43.6 Å². The third kappa shape index (κ3) is 6.01. The van der Waals surface area contributed by atoms with Crippen LogP contribution in [0.4, 0.5) is 11.4 Å². The van der Waals surface area contributed by atoms with E-state index in [1.807, 2.05) is 12.1 Å². The third-order valence-electron chi connectivity index (χ3n) is 8.13. The fourth-order valence-electron chi connectivity index (χ4n) is 5.99. The maximum absolute atomic E-state index is 5.97. The van der Waals surface area contributed by atoms with Crippen LogP contribution in [0.2, 0.25) is 0 Å². The summed E-state index contributed by atoms with van der Waals surface area (Å²) < 4.78 is 0. The number of nitrogens with two attached hydrogens (primary N) is 2. The molecule has 0 amide bonds. The van der Waals surface area contributed by atoms with Crippen molar-refractivity contribution in [3.63, 3.8) is 0 Å².